The Balaban J connectivity index is 0.000000413. The lowest BCUT2D eigenvalue weighted by atomic mass is 10.2. The van der Waals surface area contributed by atoms with Crippen LogP contribution in [-0.2, 0) is 16.1 Å². The van der Waals surface area contributed by atoms with Crippen molar-refractivity contribution in [3.05, 3.63) is 65.7 Å². The molecule has 0 unspecified atom stereocenters. The molecule has 6 heteroatoms. The van der Waals surface area contributed by atoms with Crippen LogP contribution >= 0.6 is 0 Å². The van der Waals surface area contributed by atoms with Gasteiger partial charge >= 0.3 is 11.9 Å². The van der Waals surface area contributed by atoms with Crippen LogP contribution in [0.4, 0.5) is 0 Å². The van der Waals surface area contributed by atoms with Crippen molar-refractivity contribution in [1.29, 1.82) is 0 Å². The van der Waals surface area contributed by atoms with Crippen LogP contribution in [0.5, 0.6) is 5.75 Å². The summed E-state index contributed by atoms with van der Waals surface area (Å²) in [6, 6.07) is 18.5. The van der Waals surface area contributed by atoms with Gasteiger partial charge in [-0.2, -0.15) is 0 Å². The molecular weight excluding hydrogens is 310 g/mol. The molecule has 2 aromatic carbocycles. The van der Waals surface area contributed by atoms with Crippen molar-refractivity contribution >= 4 is 11.9 Å². The highest BCUT2D eigenvalue weighted by molar-refractivity contribution is 6.27. The minimum atomic E-state index is -1.82. The van der Waals surface area contributed by atoms with Gasteiger partial charge in [0.2, 0.25) is 0 Å². The predicted molar refractivity (Wildman–Crippen MR) is 90.1 cm³/mol. The number of hydrogen-bond donors (Lipinski definition) is 3. The van der Waals surface area contributed by atoms with Gasteiger partial charge in [0.05, 0.1) is 0 Å². The fraction of sp³-hybridized carbons (Fsp3) is 0.222. The summed E-state index contributed by atoms with van der Waals surface area (Å²) in [5.41, 5.74) is 2.53. The Kier molecular flexibility index (Phi) is 8.63. The molecule has 2 rings (SSSR count). The molecule has 24 heavy (non-hydrogen) atoms. The van der Waals surface area contributed by atoms with Gasteiger partial charge in [0, 0.05) is 13.1 Å². The van der Waals surface area contributed by atoms with E-state index in [1.54, 1.807) is 0 Å². The van der Waals surface area contributed by atoms with E-state index in [0.29, 0.717) is 6.61 Å². The molecule has 0 aliphatic rings. The molecule has 0 spiro atoms. The number of nitrogens with one attached hydrogen (secondary N) is 1. The van der Waals surface area contributed by atoms with Gasteiger partial charge in [0.15, 0.2) is 0 Å². The number of carboxylic acids is 2. The summed E-state index contributed by atoms with van der Waals surface area (Å²) in [5, 5.41) is 18.1. The molecule has 0 bridgehead atoms. The van der Waals surface area contributed by atoms with E-state index >= 15 is 0 Å². The monoisotopic (exact) mass is 331 g/mol. The van der Waals surface area contributed by atoms with Crippen LogP contribution in [0.15, 0.2) is 54.6 Å². The minimum absolute atomic E-state index is 0.691. The van der Waals surface area contributed by atoms with Crippen LogP contribution in [0.3, 0.4) is 0 Å². The Morgan fingerprint density at radius 1 is 1.00 bits per heavy atom. The summed E-state index contributed by atoms with van der Waals surface area (Å²) >= 11 is 0. The van der Waals surface area contributed by atoms with Crippen LogP contribution in [0.25, 0.3) is 0 Å². The molecule has 0 radical (unpaired) electrons. The minimum Gasteiger partial charge on any atom is -0.492 e. The lowest BCUT2D eigenvalue weighted by molar-refractivity contribution is -0.159. The highest BCUT2D eigenvalue weighted by Gasteiger charge is 2.04. The standard InChI is InChI=1S/C16H19NO.C2H2O4/c1-14-6-5-9-16(12-14)18-11-10-17-13-15-7-3-2-4-8-15;3-1(4)2(5)6/h2-9,12,17H,10-11,13H2,1H3;(H,3,4)(H,5,6). The number of aliphatic carboxylic acids is 2. The topological polar surface area (TPSA) is 95.9 Å². The van der Waals surface area contributed by atoms with E-state index in [0.717, 1.165) is 18.8 Å². The molecular formula is C18H21NO5. The molecule has 0 saturated carbocycles. The van der Waals surface area contributed by atoms with Crippen molar-refractivity contribution in [2.75, 3.05) is 13.2 Å². The number of ether oxygens (including phenoxy) is 1. The number of hydrogen-bond acceptors (Lipinski definition) is 4. The average molecular weight is 331 g/mol. The van der Waals surface area contributed by atoms with Crippen molar-refractivity contribution in [3.8, 4) is 5.75 Å². The maximum absolute atomic E-state index is 9.10. The molecule has 0 aliphatic heterocycles. The Morgan fingerprint density at radius 3 is 2.25 bits per heavy atom. The zero-order chi connectivity index (χ0) is 17.8. The molecule has 0 heterocycles. The molecule has 0 amide bonds. The van der Waals surface area contributed by atoms with Crippen molar-refractivity contribution in [3.63, 3.8) is 0 Å². The van der Waals surface area contributed by atoms with Crippen molar-refractivity contribution in [2.45, 2.75) is 13.5 Å². The summed E-state index contributed by atoms with van der Waals surface area (Å²) in [5.74, 6) is -2.71. The van der Waals surface area contributed by atoms with Gasteiger partial charge in [0.25, 0.3) is 0 Å². The molecule has 0 atom stereocenters. The first-order valence-corrected chi connectivity index (χ1v) is 7.39. The fourth-order valence-electron chi connectivity index (χ4n) is 1.77. The van der Waals surface area contributed by atoms with E-state index in [9.17, 15) is 0 Å². The second kappa shape index (κ2) is 10.8. The maximum Gasteiger partial charge on any atom is 0.414 e. The van der Waals surface area contributed by atoms with E-state index < -0.39 is 11.9 Å². The Morgan fingerprint density at radius 2 is 1.67 bits per heavy atom. The van der Waals surface area contributed by atoms with Gasteiger partial charge in [-0.25, -0.2) is 9.59 Å². The SMILES string of the molecule is Cc1cccc(OCCNCc2ccccc2)c1.O=C(O)C(=O)O. The summed E-state index contributed by atoms with van der Waals surface area (Å²) < 4.78 is 5.66. The van der Waals surface area contributed by atoms with E-state index in [1.807, 2.05) is 18.2 Å². The molecule has 0 fully saturated rings. The third-order valence-electron chi connectivity index (χ3n) is 2.89. The number of rotatable bonds is 6. The molecule has 128 valence electrons. The summed E-state index contributed by atoms with van der Waals surface area (Å²) in [7, 11) is 0. The normalized spacial score (nSPS) is 9.54. The van der Waals surface area contributed by atoms with Crippen LogP contribution in [0.2, 0.25) is 0 Å². The number of aryl methyl sites for hydroxylation is 1. The molecule has 0 aliphatic carbocycles. The third-order valence-corrected chi connectivity index (χ3v) is 2.89. The predicted octanol–water partition coefficient (Wildman–Crippen LogP) is 2.32. The van der Waals surface area contributed by atoms with E-state index in [2.05, 4.69) is 48.6 Å². The Hall–Kier alpha value is -2.86. The quantitative estimate of drug-likeness (QED) is 0.555. The van der Waals surface area contributed by atoms with E-state index in [-0.39, 0.29) is 0 Å². The van der Waals surface area contributed by atoms with Crippen LogP contribution in [0, 0.1) is 6.92 Å². The third kappa shape index (κ3) is 8.55. The molecule has 3 N–H and O–H groups in total. The summed E-state index contributed by atoms with van der Waals surface area (Å²) in [4.78, 5) is 18.2. The highest BCUT2D eigenvalue weighted by atomic mass is 16.5. The number of carboxylic acid groups (broad SMARTS) is 2. The van der Waals surface area contributed by atoms with Gasteiger partial charge < -0.3 is 20.3 Å². The van der Waals surface area contributed by atoms with Crippen molar-refractivity contribution < 1.29 is 24.5 Å². The van der Waals surface area contributed by atoms with Gasteiger partial charge in [-0.05, 0) is 30.2 Å². The first-order valence-electron chi connectivity index (χ1n) is 7.39. The molecule has 6 nitrogen and oxygen atoms in total. The van der Waals surface area contributed by atoms with Crippen LogP contribution in [0.1, 0.15) is 11.1 Å². The van der Waals surface area contributed by atoms with Gasteiger partial charge in [0.1, 0.15) is 12.4 Å². The molecule has 0 aromatic heterocycles. The van der Waals surface area contributed by atoms with Gasteiger partial charge in [-0.3, -0.25) is 0 Å². The van der Waals surface area contributed by atoms with E-state index in [1.165, 1.54) is 11.1 Å². The van der Waals surface area contributed by atoms with E-state index in [4.69, 9.17) is 24.5 Å². The lowest BCUT2D eigenvalue weighted by Gasteiger charge is -2.08. The van der Waals surface area contributed by atoms with Gasteiger partial charge in [-0.15, -0.1) is 0 Å². The smallest absolute Gasteiger partial charge is 0.414 e. The Bertz CT molecular complexity index is 631. The maximum atomic E-state index is 9.10. The first kappa shape index (κ1) is 19.2. The summed E-state index contributed by atoms with van der Waals surface area (Å²) in [6.45, 7) is 4.50. The molecule has 0 saturated heterocycles. The lowest BCUT2D eigenvalue weighted by Crippen LogP contribution is -2.20. The van der Waals surface area contributed by atoms with Crippen molar-refractivity contribution in [1.82, 2.24) is 5.32 Å². The average Bonchev–Trinajstić information content (AvgIpc) is 2.56. The second-order valence-corrected chi connectivity index (χ2v) is 4.94. The first-order chi connectivity index (χ1) is 11.5. The van der Waals surface area contributed by atoms with Crippen LogP contribution in [-0.4, -0.2) is 35.3 Å². The Labute approximate surface area is 140 Å². The van der Waals surface area contributed by atoms with Crippen LogP contribution < -0.4 is 10.1 Å². The zero-order valence-corrected chi connectivity index (χ0v) is 13.4. The largest absolute Gasteiger partial charge is 0.492 e. The number of benzene rings is 2. The van der Waals surface area contributed by atoms with Gasteiger partial charge in [-0.1, -0.05) is 42.5 Å². The second-order valence-electron chi connectivity index (χ2n) is 4.94. The summed E-state index contributed by atoms with van der Waals surface area (Å²) in [6.07, 6.45) is 0. The molecule has 2 aromatic rings. The fourth-order valence-corrected chi connectivity index (χ4v) is 1.77. The number of carbonyl (C=O) groups is 2. The van der Waals surface area contributed by atoms with Crippen molar-refractivity contribution in [2.24, 2.45) is 0 Å². The zero-order valence-electron chi connectivity index (χ0n) is 13.4. The highest BCUT2D eigenvalue weighted by Crippen LogP contribution is 2.11.